The summed E-state index contributed by atoms with van der Waals surface area (Å²) in [6, 6.07) is 9.55. The molecule has 2 aromatic carbocycles. The highest BCUT2D eigenvalue weighted by molar-refractivity contribution is 5.53. The van der Waals surface area contributed by atoms with Crippen LogP contribution in [0.3, 0.4) is 0 Å². The molecule has 2 unspecified atom stereocenters. The topological polar surface area (TPSA) is 110 Å². The Balaban J connectivity index is 2.26. The summed E-state index contributed by atoms with van der Waals surface area (Å²) in [5.74, 6) is 0.284. The summed E-state index contributed by atoms with van der Waals surface area (Å²) in [5.41, 5.74) is 2.09. The van der Waals surface area contributed by atoms with E-state index < -0.39 is 18.8 Å². The highest BCUT2D eigenvalue weighted by atomic mass is 16.5. The molecule has 0 heterocycles. The Morgan fingerprint density at radius 1 is 1.00 bits per heavy atom. The average molecular weight is 360 g/mol. The molecule has 0 fully saturated rings. The molecule has 6 nitrogen and oxygen atoms in total. The molecule has 140 valence electrons. The highest BCUT2D eigenvalue weighted by Gasteiger charge is 2.24. The van der Waals surface area contributed by atoms with E-state index in [1.54, 1.807) is 18.2 Å². The van der Waals surface area contributed by atoms with Gasteiger partial charge in [0.25, 0.3) is 0 Å². The van der Waals surface area contributed by atoms with E-state index in [-0.39, 0.29) is 24.5 Å². The predicted molar refractivity (Wildman–Crippen MR) is 97.6 cm³/mol. The van der Waals surface area contributed by atoms with Crippen molar-refractivity contribution in [2.24, 2.45) is 0 Å². The van der Waals surface area contributed by atoms with Gasteiger partial charge in [0.1, 0.15) is 17.6 Å². The zero-order valence-corrected chi connectivity index (χ0v) is 14.5. The van der Waals surface area contributed by atoms with Crippen molar-refractivity contribution in [3.63, 3.8) is 0 Å². The van der Waals surface area contributed by atoms with Crippen molar-refractivity contribution in [1.29, 1.82) is 0 Å². The van der Waals surface area contributed by atoms with Crippen LogP contribution < -0.4 is 4.74 Å². The maximum absolute atomic E-state index is 10.5. The quantitative estimate of drug-likeness (QED) is 0.492. The fraction of sp³-hybridized carbons (Fsp3) is 0.300. The maximum Gasteiger partial charge on any atom is 0.152 e. The van der Waals surface area contributed by atoms with Crippen molar-refractivity contribution >= 4 is 6.08 Å². The van der Waals surface area contributed by atoms with Gasteiger partial charge in [-0.1, -0.05) is 24.3 Å². The number of hydrogen-bond acceptors (Lipinski definition) is 6. The SMILES string of the molecule is C/C=C\c1ccc(OC(CO)C(O)c2ccc(O)c(CO)c2)c(CO)c1. The van der Waals surface area contributed by atoms with Crippen LogP contribution in [0.1, 0.15) is 35.3 Å². The molecular formula is C20H24O6. The Kier molecular flexibility index (Phi) is 7.17. The van der Waals surface area contributed by atoms with Crippen LogP contribution in [0, 0.1) is 0 Å². The number of rotatable bonds is 8. The zero-order valence-electron chi connectivity index (χ0n) is 14.5. The lowest BCUT2D eigenvalue weighted by Gasteiger charge is -2.24. The molecule has 2 atom stereocenters. The predicted octanol–water partition coefficient (Wildman–Crippen LogP) is 1.88. The van der Waals surface area contributed by atoms with Gasteiger partial charge in [-0.2, -0.15) is 0 Å². The number of allylic oxidation sites excluding steroid dienone is 1. The lowest BCUT2D eigenvalue weighted by molar-refractivity contribution is -0.000321. The van der Waals surface area contributed by atoms with Gasteiger partial charge in [0.15, 0.2) is 6.10 Å². The first-order chi connectivity index (χ1) is 12.5. The summed E-state index contributed by atoms with van der Waals surface area (Å²) in [4.78, 5) is 0. The molecule has 0 aliphatic carbocycles. The fourth-order valence-electron chi connectivity index (χ4n) is 2.63. The van der Waals surface area contributed by atoms with Crippen LogP contribution in [0.4, 0.5) is 0 Å². The smallest absolute Gasteiger partial charge is 0.152 e. The summed E-state index contributed by atoms with van der Waals surface area (Å²) in [7, 11) is 0. The number of ether oxygens (including phenoxy) is 1. The van der Waals surface area contributed by atoms with Crippen LogP contribution in [-0.4, -0.2) is 38.2 Å². The Bertz CT molecular complexity index is 756. The second-order valence-electron chi connectivity index (χ2n) is 5.86. The van der Waals surface area contributed by atoms with Crippen molar-refractivity contribution in [3.8, 4) is 11.5 Å². The normalized spacial score (nSPS) is 13.7. The molecule has 0 radical (unpaired) electrons. The summed E-state index contributed by atoms with van der Waals surface area (Å²) in [6.07, 6.45) is 1.59. The van der Waals surface area contributed by atoms with E-state index in [4.69, 9.17) is 4.74 Å². The molecule has 0 bridgehead atoms. The van der Waals surface area contributed by atoms with E-state index in [0.717, 1.165) is 5.56 Å². The summed E-state index contributed by atoms with van der Waals surface area (Å²) in [5, 5.41) is 48.6. The van der Waals surface area contributed by atoms with Crippen LogP contribution in [0.5, 0.6) is 11.5 Å². The van der Waals surface area contributed by atoms with Crippen LogP contribution >= 0.6 is 0 Å². The molecule has 0 saturated carbocycles. The molecular weight excluding hydrogens is 336 g/mol. The van der Waals surface area contributed by atoms with Gasteiger partial charge in [0.2, 0.25) is 0 Å². The Labute approximate surface area is 152 Å². The number of aliphatic hydroxyl groups excluding tert-OH is 4. The Hall–Kier alpha value is -2.38. The third-order valence-electron chi connectivity index (χ3n) is 4.04. The van der Waals surface area contributed by atoms with Gasteiger partial charge in [-0.15, -0.1) is 0 Å². The van der Waals surface area contributed by atoms with Gasteiger partial charge >= 0.3 is 0 Å². The molecule has 0 saturated heterocycles. The summed E-state index contributed by atoms with van der Waals surface area (Å²) >= 11 is 0. The van der Waals surface area contributed by atoms with Crippen molar-refractivity contribution in [2.45, 2.75) is 32.3 Å². The van der Waals surface area contributed by atoms with Crippen molar-refractivity contribution in [2.75, 3.05) is 6.61 Å². The van der Waals surface area contributed by atoms with E-state index >= 15 is 0 Å². The third-order valence-corrected chi connectivity index (χ3v) is 4.04. The van der Waals surface area contributed by atoms with Crippen LogP contribution in [0.25, 0.3) is 6.08 Å². The Morgan fingerprint density at radius 2 is 1.73 bits per heavy atom. The average Bonchev–Trinajstić information content (AvgIpc) is 2.66. The van der Waals surface area contributed by atoms with Gasteiger partial charge in [0, 0.05) is 11.1 Å². The van der Waals surface area contributed by atoms with Gasteiger partial charge in [0.05, 0.1) is 19.8 Å². The first kappa shape index (κ1) is 19.9. The monoisotopic (exact) mass is 360 g/mol. The molecule has 2 rings (SSSR count). The summed E-state index contributed by atoms with van der Waals surface area (Å²) < 4.78 is 5.73. The molecule has 2 aromatic rings. The van der Waals surface area contributed by atoms with Gasteiger partial charge in [-0.3, -0.25) is 0 Å². The minimum Gasteiger partial charge on any atom is -0.508 e. The highest BCUT2D eigenvalue weighted by Crippen LogP contribution is 2.28. The van der Waals surface area contributed by atoms with Gasteiger partial charge in [-0.05, 0) is 42.3 Å². The molecule has 0 spiro atoms. The zero-order chi connectivity index (χ0) is 19.1. The minimum absolute atomic E-state index is 0.0768. The standard InChI is InChI=1S/C20H24O6/c1-2-3-13-4-7-18(16(8-13)11-22)26-19(12-23)20(25)14-5-6-17(24)15(9-14)10-21/h2-9,19-25H,10-12H2,1H3/b3-2-. The largest absolute Gasteiger partial charge is 0.508 e. The van der Waals surface area contributed by atoms with Crippen LogP contribution in [0.15, 0.2) is 42.5 Å². The molecule has 5 N–H and O–H groups in total. The first-order valence-corrected chi connectivity index (χ1v) is 8.28. The molecule has 6 heteroatoms. The molecule has 0 aliphatic rings. The number of aromatic hydroxyl groups is 1. The van der Waals surface area contributed by atoms with E-state index in [9.17, 15) is 25.5 Å². The number of aliphatic hydroxyl groups is 4. The second-order valence-corrected chi connectivity index (χ2v) is 5.86. The van der Waals surface area contributed by atoms with E-state index in [0.29, 0.717) is 16.9 Å². The Morgan fingerprint density at radius 3 is 2.35 bits per heavy atom. The summed E-state index contributed by atoms with van der Waals surface area (Å²) in [6.45, 7) is 0.804. The lowest BCUT2D eigenvalue weighted by Crippen LogP contribution is -2.29. The number of hydrogen-bond donors (Lipinski definition) is 5. The van der Waals surface area contributed by atoms with Crippen LogP contribution in [-0.2, 0) is 13.2 Å². The van der Waals surface area contributed by atoms with Crippen molar-refractivity contribution in [3.05, 3.63) is 64.7 Å². The second kappa shape index (κ2) is 9.35. The first-order valence-electron chi connectivity index (χ1n) is 8.28. The van der Waals surface area contributed by atoms with Crippen molar-refractivity contribution in [1.82, 2.24) is 0 Å². The molecule has 26 heavy (non-hydrogen) atoms. The van der Waals surface area contributed by atoms with E-state index in [1.807, 2.05) is 19.1 Å². The van der Waals surface area contributed by atoms with E-state index in [2.05, 4.69) is 0 Å². The van der Waals surface area contributed by atoms with Crippen LogP contribution in [0.2, 0.25) is 0 Å². The number of phenols is 1. The number of benzene rings is 2. The van der Waals surface area contributed by atoms with E-state index in [1.165, 1.54) is 18.2 Å². The minimum atomic E-state index is -1.19. The fourth-order valence-corrected chi connectivity index (χ4v) is 2.63. The maximum atomic E-state index is 10.5. The van der Waals surface area contributed by atoms with Gasteiger partial charge < -0.3 is 30.3 Å². The molecule has 0 amide bonds. The molecule has 0 aliphatic heterocycles. The van der Waals surface area contributed by atoms with Crippen molar-refractivity contribution < 1.29 is 30.3 Å². The lowest BCUT2D eigenvalue weighted by atomic mass is 10.0. The molecule has 0 aromatic heterocycles. The van der Waals surface area contributed by atoms with Gasteiger partial charge in [-0.25, -0.2) is 0 Å². The third kappa shape index (κ3) is 4.62.